The van der Waals surface area contributed by atoms with Crippen molar-refractivity contribution in [1.82, 2.24) is 15.5 Å². The third-order valence-electron chi connectivity index (χ3n) is 6.12. The molecule has 2 aliphatic heterocycles. The normalized spacial score (nSPS) is 17.3. The van der Waals surface area contributed by atoms with E-state index in [0.29, 0.717) is 49.8 Å². The van der Waals surface area contributed by atoms with Crippen molar-refractivity contribution in [3.05, 3.63) is 53.6 Å². The average Bonchev–Trinajstić information content (AvgIpc) is 3.36. The molecule has 1 saturated heterocycles. The van der Waals surface area contributed by atoms with Crippen LogP contribution in [0.1, 0.15) is 30.1 Å². The van der Waals surface area contributed by atoms with Crippen LogP contribution in [0.25, 0.3) is 0 Å². The molecule has 1 fully saturated rings. The second kappa shape index (κ2) is 11.2. The van der Waals surface area contributed by atoms with Crippen LogP contribution in [0.4, 0.5) is 4.79 Å². The van der Waals surface area contributed by atoms with Crippen LogP contribution in [-0.4, -0.2) is 68.6 Å². The summed E-state index contributed by atoms with van der Waals surface area (Å²) in [6.45, 7) is 4.04. The van der Waals surface area contributed by atoms with Crippen LogP contribution >= 0.6 is 0 Å². The smallest absolute Gasteiger partial charge is 0.315 e. The second-order valence-corrected chi connectivity index (χ2v) is 8.46. The minimum absolute atomic E-state index is 0.288. The van der Waals surface area contributed by atoms with Crippen molar-refractivity contribution < 1.29 is 24.1 Å². The molecule has 2 amide bonds. The van der Waals surface area contributed by atoms with Crippen LogP contribution in [0.5, 0.6) is 17.2 Å². The summed E-state index contributed by atoms with van der Waals surface area (Å²) in [5.41, 5.74) is 1.81. The lowest BCUT2D eigenvalue weighted by Gasteiger charge is -2.29. The zero-order valence-corrected chi connectivity index (χ0v) is 19.1. The highest BCUT2D eigenvalue weighted by atomic mass is 16.6. The van der Waals surface area contributed by atoms with Gasteiger partial charge in [0.1, 0.15) is 25.1 Å². The number of nitrogens with one attached hydrogen (secondary N) is 2. The zero-order chi connectivity index (χ0) is 23.0. The van der Waals surface area contributed by atoms with Gasteiger partial charge in [-0.3, -0.25) is 0 Å². The van der Waals surface area contributed by atoms with Crippen LogP contribution in [0.15, 0.2) is 42.5 Å². The standard InChI is InChI=1S/C25H33N3O5/c1-31-20-7-4-18(5-8-20)10-11-26-25(30)27-21(17-28-12-2-3-13-28)24(29)19-6-9-22-23(16-19)33-15-14-32-22/h4-9,16,21,24,29H,2-3,10-15,17H2,1H3,(H2,26,27,30). The van der Waals surface area contributed by atoms with E-state index in [4.69, 9.17) is 14.2 Å². The number of carbonyl (C=O) groups is 1. The molecule has 2 atom stereocenters. The summed E-state index contributed by atoms with van der Waals surface area (Å²) in [5.74, 6) is 2.11. The van der Waals surface area contributed by atoms with E-state index in [1.54, 1.807) is 13.2 Å². The lowest BCUT2D eigenvalue weighted by Crippen LogP contribution is -2.50. The number of amides is 2. The predicted molar refractivity (Wildman–Crippen MR) is 125 cm³/mol. The van der Waals surface area contributed by atoms with E-state index in [0.717, 1.165) is 37.2 Å². The molecule has 178 valence electrons. The van der Waals surface area contributed by atoms with Gasteiger partial charge in [0.15, 0.2) is 11.5 Å². The molecule has 4 rings (SSSR count). The Labute approximate surface area is 194 Å². The largest absolute Gasteiger partial charge is 0.497 e. The van der Waals surface area contributed by atoms with Crippen molar-refractivity contribution in [1.29, 1.82) is 0 Å². The van der Waals surface area contributed by atoms with Crippen molar-refractivity contribution in [3.63, 3.8) is 0 Å². The molecule has 33 heavy (non-hydrogen) atoms. The summed E-state index contributed by atoms with van der Waals surface area (Å²) in [6, 6.07) is 12.5. The number of hydrogen-bond donors (Lipinski definition) is 3. The topological polar surface area (TPSA) is 92.3 Å². The summed E-state index contributed by atoms with van der Waals surface area (Å²) < 4.78 is 16.4. The molecule has 0 saturated carbocycles. The van der Waals surface area contributed by atoms with Gasteiger partial charge in [0.25, 0.3) is 0 Å². The van der Waals surface area contributed by atoms with Gasteiger partial charge in [-0.15, -0.1) is 0 Å². The number of nitrogens with zero attached hydrogens (tertiary/aromatic N) is 1. The number of fused-ring (bicyclic) bond motifs is 1. The number of ether oxygens (including phenoxy) is 3. The van der Waals surface area contributed by atoms with Gasteiger partial charge in [0.05, 0.1) is 13.2 Å². The maximum Gasteiger partial charge on any atom is 0.315 e. The molecule has 0 spiro atoms. The number of urea groups is 1. The number of benzene rings is 2. The van der Waals surface area contributed by atoms with E-state index in [9.17, 15) is 9.90 Å². The van der Waals surface area contributed by atoms with Gasteiger partial charge < -0.3 is 34.9 Å². The molecule has 8 heteroatoms. The number of aliphatic hydroxyl groups excluding tert-OH is 1. The first-order valence-electron chi connectivity index (χ1n) is 11.6. The Morgan fingerprint density at radius 1 is 1.09 bits per heavy atom. The van der Waals surface area contributed by atoms with Crippen molar-refractivity contribution >= 4 is 6.03 Å². The third-order valence-corrected chi connectivity index (χ3v) is 6.12. The monoisotopic (exact) mass is 455 g/mol. The first kappa shape index (κ1) is 23.2. The van der Waals surface area contributed by atoms with Gasteiger partial charge in [-0.25, -0.2) is 4.79 Å². The number of carbonyl (C=O) groups excluding carboxylic acids is 1. The molecule has 3 N–H and O–H groups in total. The van der Waals surface area contributed by atoms with E-state index in [2.05, 4.69) is 15.5 Å². The molecule has 0 aliphatic carbocycles. The maximum atomic E-state index is 12.7. The van der Waals surface area contributed by atoms with Gasteiger partial charge in [-0.1, -0.05) is 18.2 Å². The van der Waals surface area contributed by atoms with Gasteiger partial charge in [-0.2, -0.15) is 0 Å². The first-order chi connectivity index (χ1) is 16.1. The maximum absolute atomic E-state index is 12.7. The lowest BCUT2D eigenvalue weighted by atomic mass is 10.0. The number of likely N-dealkylation sites (tertiary alicyclic amines) is 1. The molecular weight excluding hydrogens is 422 g/mol. The molecule has 8 nitrogen and oxygen atoms in total. The molecule has 0 aromatic heterocycles. The highest BCUT2D eigenvalue weighted by Gasteiger charge is 2.27. The average molecular weight is 456 g/mol. The molecule has 0 bridgehead atoms. The fraction of sp³-hybridized carbons (Fsp3) is 0.480. The highest BCUT2D eigenvalue weighted by Crippen LogP contribution is 2.33. The van der Waals surface area contributed by atoms with Crippen LogP contribution in [-0.2, 0) is 6.42 Å². The molecule has 2 heterocycles. The Morgan fingerprint density at radius 3 is 2.55 bits per heavy atom. The van der Waals surface area contributed by atoms with Gasteiger partial charge in [-0.05, 0) is 67.7 Å². The Morgan fingerprint density at radius 2 is 1.82 bits per heavy atom. The van der Waals surface area contributed by atoms with Crippen molar-refractivity contribution in [3.8, 4) is 17.2 Å². The quantitative estimate of drug-likeness (QED) is 0.538. The van der Waals surface area contributed by atoms with Crippen molar-refractivity contribution in [2.24, 2.45) is 0 Å². The minimum Gasteiger partial charge on any atom is -0.497 e. The number of hydrogen-bond acceptors (Lipinski definition) is 6. The molecule has 2 aliphatic rings. The molecule has 0 radical (unpaired) electrons. The summed E-state index contributed by atoms with van der Waals surface area (Å²) in [7, 11) is 1.64. The molecule has 2 aromatic rings. The fourth-order valence-electron chi connectivity index (χ4n) is 4.28. The number of methoxy groups -OCH3 is 1. The Hall–Kier alpha value is -2.97. The Balaban J connectivity index is 1.36. The molecular formula is C25H33N3O5. The van der Waals surface area contributed by atoms with Crippen LogP contribution < -0.4 is 24.8 Å². The summed E-state index contributed by atoms with van der Waals surface area (Å²) in [5, 5.41) is 17.1. The van der Waals surface area contributed by atoms with E-state index in [1.165, 1.54) is 0 Å². The Bertz CT molecular complexity index is 915. The number of rotatable bonds is 9. The molecule has 2 unspecified atom stereocenters. The van der Waals surface area contributed by atoms with E-state index in [-0.39, 0.29) is 6.03 Å². The van der Waals surface area contributed by atoms with Crippen LogP contribution in [0.2, 0.25) is 0 Å². The lowest BCUT2D eigenvalue weighted by molar-refractivity contribution is 0.108. The minimum atomic E-state index is -0.867. The van der Waals surface area contributed by atoms with Crippen molar-refractivity contribution in [2.45, 2.75) is 31.4 Å². The van der Waals surface area contributed by atoms with E-state index in [1.807, 2.05) is 36.4 Å². The summed E-state index contributed by atoms with van der Waals surface area (Å²) >= 11 is 0. The second-order valence-electron chi connectivity index (χ2n) is 8.46. The van der Waals surface area contributed by atoms with Gasteiger partial charge in [0, 0.05) is 13.1 Å². The van der Waals surface area contributed by atoms with E-state index < -0.39 is 12.1 Å². The van der Waals surface area contributed by atoms with Crippen molar-refractivity contribution in [2.75, 3.05) is 46.5 Å². The third kappa shape index (κ3) is 6.30. The highest BCUT2D eigenvalue weighted by molar-refractivity contribution is 5.74. The van der Waals surface area contributed by atoms with Gasteiger partial charge >= 0.3 is 6.03 Å². The Kier molecular flexibility index (Phi) is 7.91. The van der Waals surface area contributed by atoms with Crippen LogP contribution in [0.3, 0.4) is 0 Å². The van der Waals surface area contributed by atoms with Crippen LogP contribution in [0, 0.1) is 0 Å². The zero-order valence-electron chi connectivity index (χ0n) is 19.1. The first-order valence-corrected chi connectivity index (χ1v) is 11.6. The predicted octanol–water partition coefficient (Wildman–Crippen LogP) is 2.51. The fourth-order valence-corrected chi connectivity index (χ4v) is 4.28. The molecule has 2 aromatic carbocycles. The summed E-state index contributed by atoms with van der Waals surface area (Å²) in [4.78, 5) is 15.0. The number of aliphatic hydroxyl groups is 1. The summed E-state index contributed by atoms with van der Waals surface area (Å²) in [6.07, 6.45) is 2.12. The van der Waals surface area contributed by atoms with Gasteiger partial charge in [0.2, 0.25) is 0 Å². The van der Waals surface area contributed by atoms with E-state index >= 15 is 0 Å². The SMILES string of the molecule is COc1ccc(CCNC(=O)NC(CN2CCCC2)C(O)c2ccc3c(c2)OCCO3)cc1.